The van der Waals surface area contributed by atoms with E-state index < -0.39 is 14.9 Å². The number of nitrogens with zero attached hydrogens (tertiary/aromatic N) is 5. The van der Waals surface area contributed by atoms with Gasteiger partial charge < -0.3 is 8.98 Å². The van der Waals surface area contributed by atoms with Gasteiger partial charge in [0.2, 0.25) is 10.0 Å². The molecule has 12 heteroatoms. The highest BCUT2D eigenvalue weighted by atomic mass is 32.2. The summed E-state index contributed by atoms with van der Waals surface area (Å²) in [5.41, 5.74) is 0.489. The summed E-state index contributed by atoms with van der Waals surface area (Å²) in [5.74, 6) is 1.25. The maximum absolute atomic E-state index is 12.8. The van der Waals surface area contributed by atoms with Crippen LogP contribution in [0.2, 0.25) is 0 Å². The normalized spacial score (nSPS) is 15.0. The average Bonchev–Trinajstić information content (AvgIpc) is 3.45. The van der Waals surface area contributed by atoms with Gasteiger partial charge in [0.1, 0.15) is 5.76 Å². The third-order valence-corrected chi connectivity index (χ3v) is 7.96. The molecule has 1 aliphatic rings. The Hall–Kier alpha value is -2.70. The Kier molecular flexibility index (Phi) is 5.38. The van der Waals surface area contributed by atoms with E-state index in [1.165, 1.54) is 16.4 Å². The quantitative estimate of drug-likeness (QED) is 0.415. The Labute approximate surface area is 177 Å². The van der Waals surface area contributed by atoms with Crippen molar-refractivity contribution in [2.24, 2.45) is 7.05 Å². The Morgan fingerprint density at radius 3 is 2.57 bits per heavy atom. The third kappa shape index (κ3) is 3.61. The molecule has 0 amide bonds. The Morgan fingerprint density at radius 2 is 1.93 bits per heavy atom. The van der Waals surface area contributed by atoms with Crippen LogP contribution in [0, 0.1) is 17.0 Å². The number of aryl methyl sites for hydroxylation is 1. The lowest BCUT2D eigenvalue weighted by atomic mass is 10.2. The number of aromatic nitrogens is 3. The van der Waals surface area contributed by atoms with Gasteiger partial charge in [-0.2, -0.15) is 4.31 Å². The van der Waals surface area contributed by atoms with Crippen molar-refractivity contribution in [1.29, 1.82) is 0 Å². The lowest BCUT2D eigenvalue weighted by Crippen LogP contribution is -2.27. The van der Waals surface area contributed by atoms with E-state index in [0.717, 1.165) is 36.2 Å². The van der Waals surface area contributed by atoms with Crippen molar-refractivity contribution in [3.8, 4) is 11.4 Å². The molecule has 10 nitrogen and oxygen atoms in total. The van der Waals surface area contributed by atoms with Gasteiger partial charge in [-0.05, 0) is 49.7 Å². The zero-order valence-electron chi connectivity index (χ0n) is 16.3. The largest absolute Gasteiger partial charge is 0.469 e. The highest BCUT2D eigenvalue weighted by Gasteiger charge is 2.30. The number of furan rings is 1. The fourth-order valence-electron chi connectivity index (χ4n) is 3.32. The number of hydrogen-bond donors (Lipinski definition) is 0. The standard InChI is InChI=1S/C18H19N5O5S2/c1-12-14(7-10-28-12)17-19-20-18(21(17)2)29-16-6-5-13(11-15(16)23(24)25)30(26,27)22-8-3-4-9-22/h5-7,10-11H,3-4,8-9H2,1-2H3. The summed E-state index contributed by atoms with van der Waals surface area (Å²) in [4.78, 5) is 11.3. The van der Waals surface area contributed by atoms with Crippen molar-refractivity contribution in [3.05, 3.63) is 46.4 Å². The molecule has 3 aromatic rings. The van der Waals surface area contributed by atoms with E-state index in [-0.39, 0.29) is 15.5 Å². The Bertz CT molecular complexity index is 1210. The number of benzene rings is 1. The van der Waals surface area contributed by atoms with Gasteiger partial charge in [0.05, 0.1) is 26.5 Å². The van der Waals surface area contributed by atoms with Crippen molar-refractivity contribution in [2.75, 3.05) is 13.1 Å². The molecule has 0 spiro atoms. The Morgan fingerprint density at radius 1 is 1.20 bits per heavy atom. The Balaban J connectivity index is 1.68. The molecular weight excluding hydrogens is 430 g/mol. The molecule has 0 radical (unpaired) electrons. The summed E-state index contributed by atoms with van der Waals surface area (Å²) < 4.78 is 33.9. The SMILES string of the molecule is Cc1occc1-c1nnc(Sc2ccc(S(=O)(=O)N3CCCC3)cc2[N+](=O)[O-])n1C. The maximum Gasteiger partial charge on any atom is 0.284 e. The maximum atomic E-state index is 12.8. The van der Waals surface area contributed by atoms with Crippen molar-refractivity contribution in [3.63, 3.8) is 0 Å². The summed E-state index contributed by atoms with van der Waals surface area (Å²) >= 11 is 1.05. The van der Waals surface area contributed by atoms with Crippen LogP contribution >= 0.6 is 11.8 Å². The monoisotopic (exact) mass is 449 g/mol. The second kappa shape index (κ2) is 7.85. The zero-order chi connectivity index (χ0) is 21.5. The van der Waals surface area contributed by atoms with Crippen molar-refractivity contribution < 1.29 is 17.8 Å². The molecule has 4 rings (SSSR count). The summed E-state index contributed by atoms with van der Waals surface area (Å²) in [5, 5.41) is 20.4. The molecule has 0 aliphatic carbocycles. The van der Waals surface area contributed by atoms with E-state index >= 15 is 0 Å². The topological polar surface area (TPSA) is 124 Å². The predicted octanol–water partition coefficient (Wildman–Crippen LogP) is 3.23. The van der Waals surface area contributed by atoms with Gasteiger partial charge in [-0.25, -0.2) is 8.42 Å². The van der Waals surface area contributed by atoms with Crippen LogP contribution in [0.4, 0.5) is 5.69 Å². The summed E-state index contributed by atoms with van der Waals surface area (Å²) in [6.45, 7) is 2.67. The van der Waals surface area contributed by atoms with Crippen molar-refractivity contribution in [2.45, 2.75) is 34.7 Å². The molecule has 1 fully saturated rings. The first kappa shape index (κ1) is 20.6. The number of hydrogen-bond acceptors (Lipinski definition) is 8. The molecule has 0 saturated carbocycles. The molecule has 2 aromatic heterocycles. The minimum atomic E-state index is -3.75. The summed E-state index contributed by atoms with van der Waals surface area (Å²) in [6.07, 6.45) is 3.14. The number of nitro groups is 1. The molecule has 1 aliphatic heterocycles. The van der Waals surface area contributed by atoms with Crippen LogP contribution in [0.1, 0.15) is 18.6 Å². The van der Waals surface area contributed by atoms with E-state index in [4.69, 9.17) is 4.42 Å². The molecule has 0 bridgehead atoms. The molecule has 1 saturated heterocycles. The first-order valence-corrected chi connectivity index (χ1v) is 11.4. The lowest BCUT2D eigenvalue weighted by molar-refractivity contribution is -0.388. The lowest BCUT2D eigenvalue weighted by Gasteiger charge is -2.15. The highest BCUT2D eigenvalue weighted by molar-refractivity contribution is 7.99. The van der Waals surface area contributed by atoms with Crippen LogP contribution in [-0.4, -0.2) is 45.5 Å². The molecule has 0 N–H and O–H groups in total. The second-order valence-electron chi connectivity index (χ2n) is 6.86. The number of rotatable bonds is 6. The minimum Gasteiger partial charge on any atom is -0.469 e. The van der Waals surface area contributed by atoms with Crippen molar-refractivity contribution in [1.82, 2.24) is 19.1 Å². The second-order valence-corrected chi connectivity index (χ2v) is 9.80. The first-order valence-electron chi connectivity index (χ1n) is 9.19. The van der Waals surface area contributed by atoms with Crippen molar-refractivity contribution >= 4 is 27.5 Å². The van der Waals surface area contributed by atoms with E-state index in [9.17, 15) is 18.5 Å². The first-order chi connectivity index (χ1) is 14.3. The van der Waals surface area contributed by atoms with E-state index in [1.54, 1.807) is 30.9 Å². The van der Waals surface area contributed by atoms with E-state index in [0.29, 0.717) is 29.8 Å². The van der Waals surface area contributed by atoms with E-state index in [2.05, 4.69) is 10.2 Å². The van der Waals surface area contributed by atoms with Gasteiger partial charge in [-0.15, -0.1) is 10.2 Å². The highest BCUT2D eigenvalue weighted by Crippen LogP contribution is 2.37. The molecule has 0 unspecified atom stereocenters. The van der Waals surface area contributed by atoms with Crippen LogP contribution in [0.15, 0.2) is 49.9 Å². The van der Waals surface area contributed by atoms with Gasteiger partial charge in [-0.1, -0.05) is 0 Å². The molecule has 3 heterocycles. The zero-order valence-corrected chi connectivity index (χ0v) is 17.9. The van der Waals surface area contributed by atoms with Gasteiger partial charge >= 0.3 is 0 Å². The molecule has 30 heavy (non-hydrogen) atoms. The van der Waals surface area contributed by atoms with Crippen LogP contribution in [0.5, 0.6) is 0 Å². The van der Waals surface area contributed by atoms with Crippen LogP contribution in [0.3, 0.4) is 0 Å². The fraction of sp³-hybridized carbons (Fsp3) is 0.333. The summed E-state index contributed by atoms with van der Waals surface area (Å²) in [6, 6.07) is 5.74. The third-order valence-electron chi connectivity index (χ3n) is 4.97. The van der Waals surface area contributed by atoms with Gasteiger partial charge in [0.15, 0.2) is 11.0 Å². The van der Waals surface area contributed by atoms with Gasteiger partial charge in [0, 0.05) is 26.2 Å². The number of nitro benzene ring substituents is 1. The number of sulfonamides is 1. The smallest absolute Gasteiger partial charge is 0.284 e. The van der Waals surface area contributed by atoms with Gasteiger partial charge in [-0.3, -0.25) is 10.1 Å². The van der Waals surface area contributed by atoms with Crippen LogP contribution < -0.4 is 0 Å². The average molecular weight is 450 g/mol. The molecule has 158 valence electrons. The predicted molar refractivity (Wildman–Crippen MR) is 109 cm³/mol. The van der Waals surface area contributed by atoms with E-state index in [1.807, 2.05) is 0 Å². The van der Waals surface area contributed by atoms with Crippen LogP contribution in [0.25, 0.3) is 11.4 Å². The molecular formula is C18H19N5O5S2. The molecule has 1 aromatic carbocycles. The molecule has 0 atom stereocenters. The minimum absolute atomic E-state index is 0.0758. The summed E-state index contributed by atoms with van der Waals surface area (Å²) in [7, 11) is -1.99. The van der Waals surface area contributed by atoms with Crippen LogP contribution in [-0.2, 0) is 17.1 Å². The fourth-order valence-corrected chi connectivity index (χ4v) is 5.73. The van der Waals surface area contributed by atoms with Gasteiger partial charge in [0.25, 0.3) is 5.69 Å².